The molecular weight excluding hydrogens is 1070 g/mol. The number of carbonyl (C=O) groups excluding carboxylic acids is 2. The summed E-state index contributed by atoms with van der Waals surface area (Å²) in [4.78, 5) is 46.0. The van der Waals surface area contributed by atoms with E-state index in [1.54, 1.807) is 38.1 Å². The summed E-state index contributed by atoms with van der Waals surface area (Å²) in [7, 11) is -6.06. The number of carbonyl (C=O) groups is 2. The van der Waals surface area contributed by atoms with Gasteiger partial charge in [0.25, 0.3) is 11.4 Å². The second kappa shape index (κ2) is 22.6. The number of rotatable bonds is 14. The van der Waals surface area contributed by atoms with Crippen molar-refractivity contribution >= 4 is 105 Å². The van der Waals surface area contributed by atoms with E-state index in [1.807, 2.05) is 0 Å². The molecule has 0 aliphatic rings. The number of halogens is 3. The molecule has 384 valence electrons. The summed E-state index contributed by atoms with van der Waals surface area (Å²) in [6, 6.07) is 28.5. The molecule has 2 heterocycles. The number of ketones is 2. The number of nitro groups is 2. The third-order valence-electron chi connectivity index (χ3n) is 11.4. The number of benzene rings is 6. The van der Waals surface area contributed by atoms with Gasteiger partial charge in [0.2, 0.25) is 20.0 Å². The van der Waals surface area contributed by atoms with Crippen LogP contribution < -0.4 is 14.1 Å². The highest BCUT2D eigenvalue weighted by molar-refractivity contribution is 9.10. The van der Waals surface area contributed by atoms with Crippen molar-refractivity contribution in [3.63, 3.8) is 0 Å². The number of Topliss-reactive ketones (excluding diaryl/α,β-unsaturated/α-hetero) is 2. The average molecular weight is 1120 g/mol. The smallest absolute Gasteiger partial charge is 0.455 e. The number of sulfonamides is 2. The number of hydrogen-bond donors (Lipinski definition) is 2. The van der Waals surface area contributed by atoms with E-state index >= 15 is 0 Å². The number of anilines is 2. The Morgan fingerprint density at radius 3 is 1.47 bits per heavy atom. The molecule has 2 N–H and O–H groups in total. The minimum absolute atomic E-state index is 0.115. The van der Waals surface area contributed by atoms with Gasteiger partial charge < -0.3 is 18.9 Å². The molecular formula is C50H44BBrF2N4O14S2. The molecule has 0 spiro atoms. The monoisotopic (exact) mass is 1120 g/mol. The number of non-ortho nitro benzene ring substituents is 2. The van der Waals surface area contributed by atoms with Gasteiger partial charge in [0.05, 0.1) is 44.9 Å². The van der Waals surface area contributed by atoms with Crippen molar-refractivity contribution in [1.82, 2.24) is 0 Å². The first-order valence-electron chi connectivity index (χ1n) is 21.9. The first-order valence-corrected chi connectivity index (χ1v) is 26.4. The average Bonchev–Trinajstić information content (AvgIpc) is 3.93. The van der Waals surface area contributed by atoms with Gasteiger partial charge in [-0.25, -0.2) is 25.6 Å². The molecule has 0 aliphatic carbocycles. The van der Waals surface area contributed by atoms with Crippen LogP contribution in [-0.4, -0.2) is 82.0 Å². The molecule has 8 rings (SSSR count). The van der Waals surface area contributed by atoms with Crippen molar-refractivity contribution in [1.29, 1.82) is 0 Å². The van der Waals surface area contributed by atoms with Crippen LogP contribution in [0, 0.1) is 31.9 Å². The first kappa shape index (κ1) is 55.7. The second-order valence-electron chi connectivity index (χ2n) is 16.3. The number of nitro benzene ring substituents is 2. The van der Waals surface area contributed by atoms with Gasteiger partial charge in [0.15, 0.2) is 11.6 Å². The predicted molar refractivity (Wildman–Crippen MR) is 282 cm³/mol. The molecule has 0 aliphatic heterocycles. The number of fused-ring (bicyclic) bond motifs is 2. The van der Waals surface area contributed by atoms with E-state index in [9.17, 15) is 55.4 Å². The van der Waals surface area contributed by atoms with Crippen LogP contribution in [0.2, 0.25) is 0 Å². The quantitative estimate of drug-likeness (QED) is 0.0444. The number of hydrogen-bond acceptors (Lipinski definition) is 14. The topological polar surface area (TPSA) is 262 Å². The van der Waals surface area contributed by atoms with Crippen molar-refractivity contribution in [2.24, 2.45) is 0 Å². The summed E-state index contributed by atoms with van der Waals surface area (Å²) in [6.45, 7) is 3.44. The van der Waals surface area contributed by atoms with Crippen LogP contribution in [0.15, 0.2) is 135 Å². The van der Waals surface area contributed by atoms with Crippen LogP contribution in [-0.2, 0) is 20.0 Å². The lowest BCUT2D eigenvalue weighted by Gasteiger charge is -2.20. The fraction of sp³-hybridized carbons (Fsp3) is 0.160. The zero-order chi connectivity index (χ0) is 54.6. The summed E-state index contributed by atoms with van der Waals surface area (Å²) < 4.78 is 90.0. The molecule has 0 radical (unpaired) electrons. The Kier molecular flexibility index (Phi) is 17.0. The first-order chi connectivity index (χ1) is 34.7. The molecule has 2 aromatic heterocycles. The van der Waals surface area contributed by atoms with Crippen LogP contribution in [0.25, 0.3) is 55.7 Å². The van der Waals surface area contributed by atoms with Gasteiger partial charge in [-0.3, -0.25) is 38.4 Å². The van der Waals surface area contributed by atoms with Crippen molar-refractivity contribution < 1.29 is 63.9 Å². The standard InChI is InChI=1S/C25H21FN2O6S.C19H17BrFNO4S.C6H6BNO4/c1-4-22(29)24-20-13-19(16-6-5-7-18(12-16)28(30)31)21(27(2)35(3,32)33)14-23(20)34-25(24)15-8-10-17(26)11-9-15;1-4-16(23)18-13-9-14(20)15(22(2)27(3,24)25)10-17(13)26-19(18)11-5-7-12(21)8-6-11;9-7(10)5-2-1-3-6(4-5)8(11)12/h5-14H,4H2,1-3H3;5-10H,4H2,1-3H3;1-4,9-10H. The van der Waals surface area contributed by atoms with E-state index in [0.717, 1.165) is 27.2 Å². The summed E-state index contributed by atoms with van der Waals surface area (Å²) >= 11 is 3.38. The van der Waals surface area contributed by atoms with Gasteiger partial charge in [0, 0.05) is 95.3 Å². The lowest BCUT2D eigenvalue weighted by molar-refractivity contribution is -0.385. The molecule has 24 heteroatoms. The Hall–Kier alpha value is -7.64. The van der Waals surface area contributed by atoms with E-state index in [1.165, 1.54) is 105 Å². The van der Waals surface area contributed by atoms with Crippen molar-refractivity contribution in [2.75, 3.05) is 35.2 Å². The van der Waals surface area contributed by atoms with E-state index in [-0.39, 0.29) is 63.8 Å². The molecule has 6 aromatic carbocycles. The Labute approximate surface area is 431 Å². The molecule has 74 heavy (non-hydrogen) atoms. The SMILES string of the molecule is CCC(=O)c1c(-c2ccc(F)cc2)oc2cc(N(C)S(C)(=O)=O)c(-c3cccc([N+](=O)[O-])c3)cc12.CCC(=O)c1c(-c2ccc(F)cc2)oc2cc(N(C)S(C)(=O)=O)c(Br)cc12.O=[N+]([O-])c1cccc(B(O)O)c1. The van der Waals surface area contributed by atoms with Crippen LogP contribution >= 0.6 is 15.9 Å². The summed E-state index contributed by atoms with van der Waals surface area (Å²) in [5.41, 5.74) is 3.51. The Balaban J connectivity index is 0.000000201. The highest BCUT2D eigenvalue weighted by Gasteiger charge is 2.28. The Morgan fingerprint density at radius 1 is 0.622 bits per heavy atom. The minimum Gasteiger partial charge on any atom is -0.455 e. The second-order valence-corrected chi connectivity index (χ2v) is 21.2. The van der Waals surface area contributed by atoms with E-state index in [0.29, 0.717) is 60.1 Å². The lowest BCUT2D eigenvalue weighted by atomic mass is 9.80. The van der Waals surface area contributed by atoms with E-state index in [2.05, 4.69) is 15.9 Å². The fourth-order valence-corrected chi connectivity index (χ4v) is 9.17. The minimum atomic E-state index is -3.71. The Morgan fingerprint density at radius 2 is 1.04 bits per heavy atom. The maximum absolute atomic E-state index is 13.5. The maximum Gasteiger partial charge on any atom is 0.488 e. The molecule has 0 atom stereocenters. The van der Waals surface area contributed by atoms with Crippen LogP contribution in [0.3, 0.4) is 0 Å². The zero-order valence-corrected chi connectivity index (χ0v) is 43.3. The van der Waals surface area contributed by atoms with Gasteiger partial charge in [-0.05, 0) is 87.6 Å². The molecule has 0 bridgehead atoms. The molecule has 0 saturated heterocycles. The molecule has 18 nitrogen and oxygen atoms in total. The summed E-state index contributed by atoms with van der Waals surface area (Å²) in [5.74, 6) is -0.614. The van der Waals surface area contributed by atoms with Crippen LogP contribution in [0.1, 0.15) is 47.4 Å². The van der Waals surface area contributed by atoms with Crippen molar-refractivity contribution in [2.45, 2.75) is 26.7 Å². The van der Waals surface area contributed by atoms with Crippen molar-refractivity contribution in [3.05, 3.63) is 169 Å². The van der Waals surface area contributed by atoms with Gasteiger partial charge in [0.1, 0.15) is 34.3 Å². The number of furan rings is 2. The third-order valence-corrected chi connectivity index (χ3v) is 14.4. The highest BCUT2D eigenvalue weighted by atomic mass is 79.9. The highest BCUT2D eigenvalue weighted by Crippen LogP contribution is 2.43. The Bertz CT molecular complexity index is 3700. The normalized spacial score (nSPS) is 11.3. The van der Waals surface area contributed by atoms with Gasteiger partial charge in [-0.15, -0.1) is 0 Å². The largest absolute Gasteiger partial charge is 0.488 e. The summed E-state index contributed by atoms with van der Waals surface area (Å²) in [6.07, 6.45) is 2.57. The maximum atomic E-state index is 13.5. The lowest BCUT2D eigenvalue weighted by Crippen LogP contribution is -2.29. The zero-order valence-electron chi connectivity index (χ0n) is 40.1. The van der Waals surface area contributed by atoms with Gasteiger partial charge in [-0.1, -0.05) is 38.1 Å². The summed E-state index contributed by atoms with van der Waals surface area (Å²) in [5, 5.41) is 39.9. The molecule has 0 unspecified atom stereocenters. The number of nitrogens with zero attached hydrogens (tertiary/aromatic N) is 4. The van der Waals surface area contributed by atoms with Gasteiger partial charge >= 0.3 is 7.12 Å². The molecule has 8 aromatic rings. The predicted octanol–water partition coefficient (Wildman–Crippen LogP) is 10.1. The fourth-order valence-electron chi connectivity index (χ4n) is 7.43. The van der Waals surface area contributed by atoms with E-state index in [4.69, 9.17) is 18.9 Å². The van der Waals surface area contributed by atoms with Gasteiger partial charge in [-0.2, -0.15) is 0 Å². The molecule has 0 amide bonds. The van der Waals surface area contributed by atoms with Crippen LogP contribution in [0.4, 0.5) is 31.5 Å². The van der Waals surface area contributed by atoms with E-state index < -0.39 is 48.6 Å². The van der Waals surface area contributed by atoms with Crippen LogP contribution in [0.5, 0.6) is 0 Å². The molecule has 0 fully saturated rings. The van der Waals surface area contributed by atoms with Crippen molar-refractivity contribution in [3.8, 4) is 33.8 Å². The third kappa shape index (κ3) is 12.4. The molecule has 0 saturated carbocycles.